The van der Waals surface area contributed by atoms with Crippen molar-refractivity contribution in [3.05, 3.63) is 29.1 Å². The van der Waals surface area contributed by atoms with Crippen molar-refractivity contribution in [1.82, 2.24) is 0 Å². The van der Waals surface area contributed by atoms with Crippen LogP contribution < -0.4 is 5.32 Å². The van der Waals surface area contributed by atoms with Gasteiger partial charge in [-0.15, -0.1) is 0 Å². The number of anilines is 1. The summed E-state index contributed by atoms with van der Waals surface area (Å²) in [5.41, 5.74) is 2.40. The van der Waals surface area contributed by atoms with Crippen molar-refractivity contribution in [3.63, 3.8) is 0 Å². The monoisotopic (exact) mass is 355 g/mol. The molecule has 0 bridgehead atoms. The Morgan fingerprint density at radius 3 is 2.76 bits per heavy atom. The van der Waals surface area contributed by atoms with Crippen LogP contribution in [0.1, 0.15) is 67.8 Å². The Balaban J connectivity index is 1.97. The largest absolute Gasteiger partial charge is 0.326 e. The second kappa shape index (κ2) is 7.92. The number of hydrogen-bond acceptors (Lipinski definition) is 1. The fourth-order valence-corrected chi connectivity index (χ4v) is 3.42. The number of carbonyl (C=O) groups excluding carboxylic acids is 1. The van der Waals surface area contributed by atoms with E-state index in [4.69, 9.17) is 0 Å². The number of unbranched alkanes of at least 4 members (excludes halogenated alkanes) is 4. The Hall–Kier alpha value is -0.900. The molecular formula is C17H23BrFNO. The van der Waals surface area contributed by atoms with E-state index in [2.05, 4.69) is 28.2 Å². The second-order valence-corrected chi connectivity index (χ2v) is 6.85. The number of aryl methyl sites for hydroxylation is 1. The maximum atomic E-state index is 14.2. The van der Waals surface area contributed by atoms with E-state index < -0.39 is 0 Å². The van der Waals surface area contributed by atoms with Crippen LogP contribution in [-0.2, 0) is 11.2 Å². The second-order valence-electron chi connectivity index (χ2n) is 5.75. The molecule has 1 amide bonds. The predicted octanol–water partition coefficient (Wildman–Crippen LogP) is 5.51. The Morgan fingerprint density at radius 2 is 2.00 bits per heavy atom. The molecule has 0 saturated carbocycles. The minimum Gasteiger partial charge on any atom is -0.326 e. The molecule has 4 heteroatoms. The molecule has 1 unspecified atom stereocenters. The zero-order valence-electron chi connectivity index (χ0n) is 12.6. The van der Waals surface area contributed by atoms with Crippen molar-refractivity contribution in [2.75, 3.05) is 5.32 Å². The molecule has 1 aromatic carbocycles. The van der Waals surface area contributed by atoms with Crippen molar-refractivity contribution in [2.24, 2.45) is 0 Å². The van der Waals surface area contributed by atoms with Crippen LogP contribution in [-0.4, -0.2) is 5.91 Å². The topological polar surface area (TPSA) is 29.1 Å². The first kappa shape index (κ1) is 16.5. The number of benzene rings is 1. The first-order chi connectivity index (χ1) is 10.1. The molecule has 116 valence electrons. The standard InChI is InChI=1S/C17H23BrFNO/c1-2-3-4-5-6-7-14(18)13-10-12-8-9-17(21)20-16(12)11-15(13)19/h10-11,14H,2-9H2,1H3,(H,20,21). The summed E-state index contributed by atoms with van der Waals surface area (Å²) in [7, 11) is 0. The molecule has 1 aromatic rings. The number of rotatable bonds is 7. The highest BCUT2D eigenvalue weighted by Gasteiger charge is 2.20. The minimum absolute atomic E-state index is 0.0269. The molecule has 1 aliphatic heterocycles. The van der Waals surface area contributed by atoms with Crippen molar-refractivity contribution in [3.8, 4) is 0 Å². The van der Waals surface area contributed by atoms with E-state index in [1.54, 1.807) is 0 Å². The zero-order valence-corrected chi connectivity index (χ0v) is 14.1. The number of nitrogens with one attached hydrogen (secondary N) is 1. The number of alkyl halides is 1. The van der Waals surface area contributed by atoms with E-state index in [9.17, 15) is 9.18 Å². The summed E-state index contributed by atoms with van der Waals surface area (Å²) in [6.07, 6.45) is 8.23. The van der Waals surface area contributed by atoms with Gasteiger partial charge in [0.15, 0.2) is 0 Å². The minimum atomic E-state index is -0.230. The van der Waals surface area contributed by atoms with E-state index in [0.29, 0.717) is 18.5 Å². The van der Waals surface area contributed by atoms with E-state index in [1.807, 2.05) is 6.07 Å². The average Bonchev–Trinajstić information content (AvgIpc) is 2.46. The van der Waals surface area contributed by atoms with E-state index in [1.165, 1.54) is 31.7 Å². The van der Waals surface area contributed by atoms with Gasteiger partial charge in [0.25, 0.3) is 0 Å². The molecule has 2 rings (SSSR count). The van der Waals surface area contributed by atoms with Crippen LogP contribution in [0.15, 0.2) is 12.1 Å². The number of carbonyl (C=O) groups is 1. The summed E-state index contributed by atoms with van der Waals surface area (Å²) in [6, 6.07) is 3.38. The molecule has 0 radical (unpaired) electrons. The van der Waals surface area contributed by atoms with Crippen molar-refractivity contribution < 1.29 is 9.18 Å². The van der Waals surface area contributed by atoms with Crippen molar-refractivity contribution in [1.29, 1.82) is 0 Å². The average molecular weight is 356 g/mol. The Morgan fingerprint density at radius 1 is 1.24 bits per heavy atom. The van der Waals surface area contributed by atoms with Crippen molar-refractivity contribution >= 4 is 27.5 Å². The molecule has 0 aromatic heterocycles. The summed E-state index contributed by atoms with van der Waals surface area (Å²) >= 11 is 3.62. The molecule has 1 atom stereocenters. The van der Waals surface area contributed by atoms with Crippen molar-refractivity contribution in [2.45, 2.75) is 63.1 Å². The Labute approximate surface area is 134 Å². The quantitative estimate of drug-likeness (QED) is 0.507. The molecule has 0 spiro atoms. The molecular weight excluding hydrogens is 333 g/mol. The van der Waals surface area contributed by atoms with E-state index >= 15 is 0 Å². The van der Waals surface area contributed by atoms with Gasteiger partial charge in [0.05, 0.1) is 0 Å². The SMILES string of the molecule is CCCCCCCC(Br)c1cc2c(cc1F)NC(=O)CC2. The van der Waals surface area contributed by atoms with Crippen LogP contribution in [0.4, 0.5) is 10.1 Å². The van der Waals surface area contributed by atoms with Gasteiger partial charge in [-0.3, -0.25) is 4.79 Å². The number of hydrogen-bond donors (Lipinski definition) is 1. The van der Waals surface area contributed by atoms with E-state index in [0.717, 1.165) is 24.0 Å². The van der Waals surface area contributed by atoms with Gasteiger partial charge in [0.1, 0.15) is 5.82 Å². The van der Waals surface area contributed by atoms with Crippen LogP contribution >= 0.6 is 15.9 Å². The highest BCUT2D eigenvalue weighted by Crippen LogP contribution is 2.35. The lowest BCUT2D eigenvalue weighted by atomic mass is 9.97. The summed E-state index contributed by atoms with van der Waals surface area (Å²) in [5, 5.41) is 2.74. The first-order valence-corrected chi connectivity index (χ1v) is 8.79. The predicted molar refractivity (Wildman–Crippen MR) is 88.4 cm³/mol. The van der Waals surface area contributed by atoms with Gasteiger partial charge in [0.2, 0.25) is 5.91 Å². The number of amides is 1. The van der Waals surface area contributed by atoms with Gasteiger partial charge in [-0.2, -0.15) is 0 Å². The highest BCUT2D eigenvalue weighted by atomic mass is 79.9. The first-order valence-electron chi connectivity index (χ1n) is 7.88. The number of halogens is 2. The fourth-order valence-electron chi connectivity index (χ4n) is 2.74. The Kier molecular flexibility index (Phi) is 6.22. The third kappa shape index (κ3) is 4.53. The van der Waals surface area contributed by atoms with Gasteiger partial charge in [-0.1, -0.05) is 55.0 Å². The molecule has 0 saturated heterocycles. The third-order valence-corrected chi connectivity index (χ3v) is 4.97. The van der Waals surface area contributed by atoms with Crippen LogP contribution in [0.5, 0.6) is 0 Å². The molecule has 1 aliphatic rings. The number of fused-ring (bicyclic) bond motifs is 1. The smallest absolute Gasteiger partial charge is 0.224 e. The van der Waals surface area contributed by atoms with Gasteiger partial charge < -0.3 is 5.32 Å². The fraction of sp³-hybridized carbons (Fsp3) is 0.588. The molecule has 0 aliphatic carbocycles. The van der Waals surface area contributed by atoms with Crippen LogP contribution in [0.25, 0.3) is 0 Å². The van der Waals surface area contributed by atoms with Gasteiger partial charge in [0, 0.05) is 22.5 Å². The molecule has 21 heavy (non-hydrogen) atoms. The lowest BCUT2D eigenvalue weighted by Crippen LogP contribution is -2.19. The molecule has 2 nitrogen and oxygen atoms in total. The van der Waals surface area contributed by atoms with Crippen LogP contribution in [0.3, 0.4) is 0 Å². The van der Waals surface area contributed by atoms with Crippen LogP contribution in [0, 0.1) is 5.82 Å². The maximum Gasteiger partial charge on any atom is 0.224 e. The molecule has 0 fully saturated rings. The summed E-state index contributed by atoms with van der Waals surface area (Å²) in [4.78, 5) is 11.4. The summed E-state index contributed by atoms with van der Waals surface area (Å²) in [5.74, 6) is -0.257. The maximum absolute atomic E-state index is 14.2. The summed E-state index contributed by atoms with van der Waals surface area (Å²) in [6.45, 7) is 2.20. The van der Waals surface area contributed by atoms with Crippen LogP contribution in [0.2, 0.25) is 0 Å². The molecule has 1 N–H and O–H groups in total. The van der Waals surface area contributed by atoms with Gasteiger partial charge in [-0.05, 0) is 30.5 Å². The summed E-state index contributed by atoms with van der Waals surface area (Å²) < 4.78 is 14.2. The highest BCUT2D eigenvalue weighted by molar-refractivity contribution is 9.09. The lowest BCUT2D eigenvalue weighted by molar-refractivity contribution is -0.116. The lowest BCUT2D eigenvalue weighted by Gasteiger charge is -2.20. The zero-order chi connectivity index (χ0) is 15.2. The Bertz CT molecular complexity index is 504. The molecule has 1 heterocycles. The third-order valence-electron chi connectivity index (χ3n) is 4.02. The van der Waals surface area contributed by atoms with Gasteiger partial charge in [-0.25, -0.2) is 4.39 Å². The van der Waals surface area contributed by atoms with E-state index in [-0.39, 0.29) is 16.6 Å². The van der Waals surface area contributed by atoms with Gasteiger partial charge >= 0.3 is 0 Å². The normalized spacial score (nSPS) is 15.5.